The summed E-state index contributed by atoms with van der Waals surface area (Å²) in [6, 6.07) is 1.50. The number of nitrogens with one attached hydrogen (secondary N) is 1. The van der Waals surface area contributed by atoms with E-state index in [0.29, 0.717) is 6.54 Å². The summed E-state index contributed by atoms with van der Waals surface area (Å²) >= 11 is 0. The molecule has 1 heterocycles. The SMILES string of the molecule is NCCCc1cc(=O)[nH]cn1. The fourth-order valence-electron chi connectivity index (χ4n) is 0.829. The number of hydrogen-bond donors (Lipinski definition) is 2. The fraction of sp³-hybridized carbons (Fsp3) is 0.429. The third-order valence-electron chi connectivity index (χ3n) is 1.37. The maximum Gasteiger partial charge on any atom is 0.250 e. The monoisotopic (exact) mass is 153 g/mol. The zero-order valence-electron chi connectivity index (χ0n) is 6.21. The topological polar surface area (TPSA) is 71.8 Å². The van der Waals surface area contributed by atoms with E-state index in [0.717, 1.165) is 18.5 Å². The summed E-state index contributed by atoms with van der Waals surface area (Å²) in [4.78, 5) is 17.1. The van der Waals surface area contributed by atoms with Gasteiger partial charge in [-0.1, -0.05) is 0 Å². The van der Waals surface area contributed by atoms with E-state index in [1.54, 1.807) is 0 Å². The zero-order valence-corrected chi connectivity index (χ0v) is 6.21. The first kappa shape index (κ1) is 7.94. The minimum absolute atomic E-state index is 0.105. The molecular formula is C7H11N3O. The Morgan fingerprint density at radius 2 is 2.45 bits per heavy atom. The van der Waals surface area contributed by atoms with Crippen molar-refractivity contribution in [3.05, 3.63) is 28.4 Å². The Hall–Kier alpha value is -1.16. The number of aryl methyl sites for hydroxylation is 1. The van der Waals surface area contributed by atoms with E-state index in [4.69, 9.17) is 5.73 Å². The van der Waals surface area contributed by atoms with Crippen molar-refractivity contribution in [2.24, 2.45) is 5.73 Å². The first-order chi connectivity index (χ1) is 5.33. The van der Waals surface area contributed by atoms with Gasteiger partial charge in [-0.3, -0.25) is 4.79 Å². The number of nitrogens with zero attached hydrogens (tertiary/aromatic N) is 1. The molecule has 1 rings (SSSR count). The van der Waals surface area contributed by atoms with E-state index in [2.05, 4.69) is 9.97 Å². The second-order valence-electron chi connectivity index (χ2n) is 2.29. The molecule has 0 fully saturated rings. The Morgan fingerprint density at radius 3 is 3.09 bits per heavy atom. The summed E-state index contributed by atoms with van der Waals surface area (Å²) in [5.74, 6) is 0. The number of nitrogens with two attached hydrogens (primary N) is 1. The van der Waals surface area contributed by atoms with E-state index in [1.165, 1.54) is 12.4 Å². The Bertz CT molecular complexity index is 268. The highest BCUT2D eigenvalue weighted by atomic mass is 16.1. The van der Waals surface area contributed by atoms with Gasteiger partial charge in [0.05, 0.1) is 6.33 Å². The highest BCUT2D eigenvalue weighted by molar-refractivity contribution is 4.97. The lowest BCUT2D eigenvalue weighted by molar-refractivity contribution is 0.803. The molecule has 11 heavy (non-hydrogen) atoms. The van der Waals surface area contributed by atoms with Gasteiger partial charge in [0, 0.05) is 11.8 Å². The second kappa shape index (κ2) is 3.88. The van der Waals surface area contributed by atoms with Crippen molar-refractivity contribution >= 4 is 0 Å². The molecule has 0 bridgehead atoms. The van der Waals surface area contributed by atoms with Gasteiger partial charge in [-0.2, -0.15) is 0 Å². The smallest absolute Gasteiger partial charge is 0.250 e. The van der Waals surface area contributed by atoms with Gasteiger partial charge >= 0.3 is 0 Å². The largest absolute Gasteiger partial charge is 0.330 e. The van der Waals surface area contributed by atoms with Crippen molar-refractivity contribution in [3.63, 3.8) is 0 Å². The van der Waals surface area contributed by atoms with E-state index in [1.807, 2.05) is 0 Å². The lowest BCUT2D eigenvalue weighted by Gasteiger charge is -1.95. The maximum absolute atomic E-state index is 10.7. The molecule has 0 atom stereocenters. The van der Waals surface area contributed by atoms with Crippen molar-refractivity contribution in [2.75, 3.05) is 6.54 Å². The van der Waals surface area contributed by atoms with Crippen LogP contribution in [-0.2, 0) is 6.42 Å². The zero-order chi connectivity index (χ0) is 8.10. The van der Waals surface area contributed by atoms with Crippen molar-refractivity contribution in [3.8, 4) is 0 Å². The van der Waals surface area contributed by atoms with Crippen molar-refractivity contribution < 1.29 is 0 Å². The molecule has 0 saturated carbocycles. The third kappa shape index (κ3) is 2.51. The molecule has 0 amide bonds. The van der Waals surface area contributed by atoms with Crippen molar-refractivity contribution in [1.29, 1.82) is 0 Å². The summed E-state index contributed by atoms with van der Waals surface area (Å²) in [5, 5.41) is 0. The van der Waals surface area contributed by atoms with Gasteiger partial charge < -0.3 is 10.7 Å². The number of H-pyrrole nitrogens is 1. The maximum atomic E-state index is 10.7. The molecule has 4 nitrogen and oxygen atoms in total. The molecule has 60 valence electrons. The average Bonchev–Trinajstić information content (AvgIpc) is 2.01. The van der Waals surface area contributed by atoms with Gasteiger partial charge in [0.1, 0.15) is 0 Å². The van der Waals surface area contributed by atoms with E-state index < -0.39 is 0 Å². The molecule has 0 aliphatic rings. The Labute approximate surface area is 64.5 Å². The molecule has 0 aliphatic carbocycles. The van der Waals surface area contributed by atoms with Crippen LogP contribution < -0.4 is 11.3 Å². The predicted octanol–water partition coefficient (Wildman–Crippen LogP) is -0.339. The molecule has 0 radical (unpaired) electrons. The molecule has 0 aliphatic heterocycles. The average molecular weight is 153 g/mol. The number of aromatic nitrogens is 2. The molecule has 0 unspecified atom stereocenters. The minimum Gasteiger partial charge on any atom is -0.330 e. The lowest BCUT2D eigenvalue weighted by Crippen LogP contribution is -2.08. The van der Waals surface area contributed by atoms with Crippen LogP contribution in [0.15, 0.2) is 17.2 Å². The number of hydrogen-bond acceptors (Lipinski definition) is 3. The van der Waals surface area contributed by atoms with Gasteiger partial charge in [0.25, 0.3) is 5.56 Å². The predicted molar refractivity (Wildman–Crippen MR) is 42.2 cm³/mol. The molecule has 3 N–H and O–H groups in total. The highest BCUT2D eigenvalue weighted by Gasteiger charge is 1.92. The molecule has 0 spiro atoms. The van der Waals surface area contributed by atoms with Crippen LogP contribution in [0, 0.1) is 0 Å². The van der Waals surface area contributed by atoms with Crippen LogP contribution in [0.5, 0.6) is 0 Å². The summed E-state index contributed by atoms with van der Waals surface area (Å²) in [6.07, 6.45) is 3.06. The molecule has 1 aromatic rings. The first-order valence-electron chi connectivity index (χ1n) is 3.56. The molecule has 1 aromatic heterocycles. The summed E-state index contributed by atoms with van der Waals surface area (Å²) in [7, 11) is 0. The third-order valence-corrected chi connectivity index (χ3v) is 1.37. The van der Waals surface area contributed by atoms with Gasteiger partial charge in [-0.25, -0.2) is 4.98 Å². The van der Waals surface area contributed by atoms with E-state index in [9.17, 15) is 4.79 Å². The quantitative estimate of drug-likeness (QED) is 0.624. The Kier molecular flexibility index (Phi) is 2.80. The Morgan fingerprint density at radius 1 is 1.64 bits per heavy atom. The van der Waals surface area contributed by atoms with Crippen LogP contribution >= 0.6 is 0 Å². The molecule has 0 saturated heterocycles. The first-order valence-corrected chi connectivity index (χ1v) is 3.56. The van der Waals surface area contributed by atoms with Crippen molar-refractivity contribution in [1.82, 2.24) is 9.97 Å². The normalized spacial score (nSPS) is 9.91. The highest BCUT2D eigenvalue weighted by Crippen LogP contribution is 1.91. The standard InChI is InChI=1S/C7H11N3O/c8-3-1-2-6-4-7(11)10-5-9-6/h4-5H,1-3,8H2,(H,9,10,11). The second-order valence-corrected chi connectivity index (χ2v) is 2.29. The van der Waals surface area contributed by atoms with Crippen molar-refractivity contribution in [2.45, 2.75) is 12.8 Å². The van der Waals surface area contributed by atoms with E-state index >= 15 is 0 Å². The van der Waals surface area contributed by atoms with Crippen LogP contribution in [0.1, 0.15) is 12.1 Å². The lowest BCUT2D eigenvalue weighted by atomic mass is 10.2. The van der Waals surface area contributed by atoms with Gasteiger partial charge in [-0.15, -0.1) is 0 Å². The summed E-state index contributed by atoms with van der Waals surface area (Å²) in [6.45, 7) is 0.633. The van der Waals surface area contributed by atoms with Crippen LogP contribution in [0.25, 0.3) is 0 Å². The van der Waals surface area contributed by atoms with Gasteiger partial charge in [0.15, 0.2) is 0 Å². The molecule has 0 aromatic carbocycles. The summed E-state index contributed by atoms with van der Waals surface area (Å²) in [5.41, 5.74) is 6.00. The van der Waals surface area contributed by atoms with Crippen LogP contribution in [0.2, 0.25) is 0 Å². The fourth-order valence-corrected chi connectivity index (χ4v) is 0.829. The Balaban J connectivity index is 2.64. The molecule has 4 heteroatoms. The van der Waals surface area contributed by atoms with Crippen LogP contribution in [-0.4, -0.2) is 16.5 Å². The van der Waals surface area contributed by atoms with Gasteiger partial charge in [-0.05, 0) is 19.4 Å². The van der Waals surface area contributed by atoms with Crippen LogP contribution in [0.4, 0.5) is 0 Å². The summed E-state index contributed by atoms with van der Waals surface area (Å²) < 4.78 is 0. The number of aromatic amines is 1. The van der Waals surface area contributed by atoms with Gasteiger partial charge in [0.2, 0.25) is 0 Å². The molecular weight excluding hydrogens is 142 g/mol. The van der Waals surface area contributed by atoms with E-state index in [-0.39, 0.29) is 5.56 Å². The minimum atomic E-state index is -0.105. The number of rotatable bonds is 3. The van der Waals surface area contributed by atoms with Crippen LogP contribution in [0.3, 0.4) is 0 Å².